The number of alkyl halides is 2. The highest BCUT2D eigenvalue weighted by molar-refractivity contribution is 5.67. The highest BCUT2D eigenvalue weighted by atomic mass is 19.3. The first-order valence-corrected chi connectivity index (χ1v) is 12.6. The quantitative estimate of drug-likeness (QED) is 0.0837. The van der Waals surface area contributed by atoms with Crippen molar-refractivity contribution in [2.24, 2.45) is 0 Å². The molecule has 0 heterocycles. The molecule has 4 rings (SSSR count). The normalized spacial score (nSPS) is 11.3. The van der Waals surface area contributed by atoms with Crippen LogP contribution in [-0.2, 0) is 6.11 Å². The minimum Gasteiger partial charge on any atom is -0.493 e. The number of unbranched alkanes of at least 4 members (excludes halogenated alkanes) is 1. The molecule has 44 heavy (non-hydrogen) atoms. The van der Waals surface area contributed by atoms with Crippen LogP contribution in [0.2, 0.25) is 0 Å². The van der Waals surface area contributed by atoms with Gasteiger partial charge in [-0.2, -0.15) is 8.78 Å². The summed E-state index contributed by atoms with van der Waals surface area (Å²) >= 11 is 0. The van der Waals surface area contributed by atoms with Crippen molar-refractivity contribution in [2.45, 2.75) is 25.9 Å². The molecule has 0 aromatic heterocycles. The Hall–Kier alpha value is -4.73. The maximum absolute atomic E-state index is 14.9. The van der Waals surface area contributed by atoms with Gasteiger partial charge in [-0.3, -0.25) is 0 Å². The van der Waals surface area contributed by atoms with Gasteiger partial charge in [-0.1, -0.05) is 25.2 Å². The topological polar surface area (TPSA) is 18.5 Å². The summed E-state index contributed by atoms with van der Waals surface area (Å²) < 4.78 is 167. The molecule has 0 amide bonds. The van der Waals surface area contributed by atoms with E-state index in [4.69, 9.17) is 4.74 Å². The lowest BCUT2D eigenvalue weighted by molar-refractivity contribution is -0.189. The smallest absolute Gasteiger partial charge is 0.432 e. The van der Waals surface area contributed by atoms with E-state index in [1.807, 2.05) is 18.8 Å². The lowest BCUT2D eigenvalue weighted by atomic mass is 10.0. The molecule has 0 radical (unpaired) electrons. The highest BCUT2D eigenvalue weighted by Gasteiger charge is 2.42. The molecule has 0 N–H and O–H groups in total. The molecule has 0 aliphatic rings. The molecule has 0 aliphatic heterocycles. The van der Waals surface area contributed by atoms with E-state index in [9.17, 15) is 48.3 Å². The van der Waals surface area contributed by atoms with Crippen LogP contribution in [0, 0.1) is 64.2 Å². The maximum atomic E-state index is 14.9. The fourth-order valence-corrected chi connectivity index (χ4v) is 3.93. The number of benzene rings is 4. The monoisotopic (exact) mass is 630 g/mol. The zero-order valence-corrected chi connectivity index (χ0v) is 22.2. The second kappa shape index (κ2) is 12.9. The molecule has 0 bridgehead atoms. The zero-order valence-electron chi connectivity index (χ0n) is 22.2. The van der Waals surface area contributed by atoms with Gasteiger partial charge in [-0.05, 0) is 36.2 Å². The summed E-state index contributed by atoms with van der Waals surface area (Å²) in [5.74, 6) is -12.5. The zero-order chi connectivity index (χ0) is 32.3. The molecule has 0 spiro atoms. The van der Waals surface area contributed by atoms with Gasteiger partial charge in [0, 0.05) is 29.8 Å². The average molecular weight is 630 g/mol. The first kappa shape index (κ1) is 32.2. The lowest BCUT2D eigenvalue weighted by Crippen LogP contribution is -2.25. The molecule has 0 atom stereocenters. The molecule has 0 unspecified atom stereocenters. The molecule has 2 nitrogen and oxygen atoms in total. The third kappa shape index (κ3) is 6.90. The van der Waals surface area contributed by atoms with Crippen molar-refractivity contribution in [1.29, 1.82) is 0 Å². The van der Waals surface area contributed by atoms with Crippen LogP contribution in [0.25, 0.3) is 11.1 Å². The van der Waals surface area contributed by atoms with Crippen LogP contribution in [0.5, 0.6) is 11.5 Å². The highest BCUT2D eigenvalue weighted by Crippen LogP contribution is 2.39. The molecule has 0 saturated heterocycles. The largest absolute Gasteiger partial charge is 0.493 e. The Bertz CT molecular complexity index is 1700. The predicted octanol–water partition coefficient (Wildman–Crippen LogP) is 9.31. The number of halogens is 11. The van der Waals surface area contributed by atoms with Crippen LogP contribution < -0.4 is 9.47 Å². The summed E-state index contributed by atoms with van der Waals surface area (Å²) in [6.45, 7) is 2.00. The number of hydrogen-bond donors (Lipinski definition) is 0. The second-order valence-corrected chi connectivity index (χ2v) is 9.16. The molecule has 0 saturated carbocycles. The van der Waals surface area contributed by atoms with Gasteiger partial charge in [-0.15, -0.1) is 0 Å². The number of hydrogen-bond acceptors (Lipinski definition) is 2. The Morgan fingerprint density at radius 2 is 1.14 bits per heavy atom. The first-order valence-electron chi connectivity index (χ1n) is 12.6. The van der Waals surface area contributed by atoms with Crippen LogP contribution in [0.3, 0.4) is 0 Å². The van der Waals surface area contributed by atoms with Gasteiger partial charge >= 0.3 is 6.11 Å². The van der Waals surface area contributed by atoms with Gasteiger partial charge in [0.05, 0.1) is 17.7 Å². The summed E-state index contributed by atoms with van der Waals surface area (Å²) in [7, 11) is 0. The van der Waals surface area contributed by atoms with E-state index in [1.165, 1.54) is 0 Å². The van der Waals surface area contributed by atoms with Crippen molar-refractivity contribution in [3.63, 3.8) is 0 Å². The van der Waals surface area contributed by atoms with E-state index in [-0.39, 0.29) is 36.6 Å². The van der Waals surface area contributed by atoms with Crippen LogP contribution in [0.4, 0.5) is 48.3 Å². The predicted molar refractivity (Wildman–Crippen MR) is 135 cm³/mol. The Morgan fingerprint density at radius 1 is 0.614 bits per heavy atom. The fourth-order valence-electron chi connectivity index (χ4n) is 3.93. The fraction of sp³-hybridized carbons (Fsp3) is 0.161. The van der Waals surface area contributed by atoms with E-state index in [1.54, 1.807) is 0 Å². The Labute approximate surface area is 242 Å². The van der Waals surface area contributed by atoms with E-state index >= 15 is 0 Å². The SMILES string of the molecule is CCCCOc1cc(F)c(-c2cc(F)c(C(F)(F)Oc3cc(F)c(C#Cc4cc(F)c(F)c(F)c4)c(F)c3)c(F)c2)c(F)c1. The Balaban J connectivity index is 1.61. The van der Waals surface area contributed by atoms with Gasteiger partial charge in [-0.25, -0.2) is 39.5 Å². The number of rotatable bonds is 8. The van der Waals surface area contributed by atoms with Crippen molar-refractivity contribution < 1.29 is 57.8 Å². The summed E-state index contributed by atoms with van der Waals surface area (Å²) in [6.07, 6.45) is -3.59. The average Bonchev–Trinajstić information content (AvgIpc) is 2.90. The molecule has 4 aromatic carbocycles. The van der Waals surface area contributed by atoms with Crippen molar-refractivity contribution in [2.75, 3.05) is 6.61 Å². The van der Waals surface area contributed by atoms with Crippen LogP contribution in [0.15, 0.2) is 48.5 Å². The minimum absolute atomic E-state index is 0.143. The van der Waals surface area contributed by atoms with Crippen molar-refractivity contribution in [1.82, 2.24) is 0 Å². The lowest BCUT2D eigenvalue weighted by Gasteiger charge is -2.20. The van der Waals surface area contributed by atoms with Crippen LogP contribution >= 0.6 is 0 Å². The van der Waals surface area contributed by atoms with Crippen molar-refractivity contribution in [3.8, 4) is 34.5 Å². The van der Waals surface area contributed by atoms with Crippen LogP contribution in [0.1, 0.15) is 36.5 Å². The van der Waals surface area contributed by atoms with Gasteiger partial charge in [0.25, 0.3) is 0 Å². The van der Waals surface area contributed by atoms with E-state index < -0.39 is 92.0 Å². The Morgan fingerprint density at radius 3 is 1.66 bits per heavy atom. The van der Waals surface area contributed by atoms with Gasteiger partial charge in [0.15, 0.2) is 17.5 Å². The first-order chi connectivity index (χ1) is 20.7. The molecule has 4 aromatic rings. The third-order valence-corrected chi connectivity index (χ3v) is 5.98. The molecular formula is C31H17F11O2. The van der Waals surface area contributed by atoms with Gasteiger partial charge < -0.3 is 9.47 Å². The third-order valence-electron chi connectivity index (χ3n) is 5.98. The van der Waals surface area contributed by atoms with Crippen molar-refractivity contribution in [3.05, 3.63) is 118 Å². The summed E-state index contributed by atoms with van der Waals surface area (Å²) in [5.41, 5.74) is -5.34. The molecular weight excluding hydrogens is 613 g/mol. The number of ether oxygens (including phenoxy) is 2. The van der Waals surface area contributed by atoms with E-state index in [0.29, 0.717) is 18.6 Å². The second-order valence-electron chi connectivity index (χ2n) is 9.16. The summed E-state index contributed by atoms with van der Waals surface area (Å²) in [4.78, 5) is 0. The molecule has 230 valence electrons. The van der Waals surface area contributed by atoms with Crippen LogP contribution in [-0.4, -0.2) is 6.61 Å². The maximum Gasteiger partial charge on any atom is 0.432 e. The standard InChI is InChI=1S/C31H17F11O2/c1-2-3-6-43-17-11-22(34)28(23(35)12-17)16-9-24(36)29(25(37)10-16)31(41,42)44-18-13-20(32)19(21(33)14-18)5-4-15-7-26(38)30(40)27(39)8-15/h7-14H,2-3,6H2,1H3. The summed E-state index contributed by atoms with van der Waals surface area (Å²) in [5, 5.41) is 0. The van der Waals surface area contributed by atoms with E-state index in [0.717, 1.165) is 18.6 Å². The molecule has 0 aliphatic carbocycles. The minimum atomic E-state index is -4.91. The molecule has 0 fully saturated rings. The van der Waals surface area contributed by atoms with Gasteiger partial charge in [0.2, 0.25) is 0 Å². The van der Waals surface area contributed by atoms with Gasteiger partial charge in [0.1, 0.15) is 52.0 Å². The molecule has 13 heteroatoms. The van der Waals surface area contributed by atoms with Crippen molar-refractivity contribution >= 4 is 0 Å². The Kier molecular flexibility index (Phi) is 9.42. The van der Waals surface area contributed by atoms with E-state index in [2.05, 4.69) is 4.74 Å². The summed E-state index contributed by atoms with van der Waals surface area (Å²) in [6, 6.07) is 3.19.